The fourth-order valence-corrected chi connectivity index (χ4v) is 2.61. The van der Waals surface area contributed by atoms with Crippen molar-refractivity contribution >= 4 is 5.97 Å². The fraction of sp³-hybridized carbons (Fsp3) is 0.909. The summed E-state index contributed by atoms with van der Waals surface area (Å²) in [5.74, 6) is -0.167. The Hall–Kier alpha value is -0.610. The third kappa shape index (κ3) is 1.88. The number of aliphatic hydroxyl groups excluding tert-OH is 1. The molecule has 1 aliphatic heterocycles. The van der Waals surface area contributed by atoms with Gasteiger partial charge in [-0.15, -0.1) is 0 Å². The predicted octanol–water partition coefficient (Wildman–Crippen LogP) is 0.444. The number of ether oxygens (including phenoxy) is 1. The average Bonchev–Trinajstić information content (AvgIpc) is 2.87. The molecule has 1 atom stereocenters. The van der Waals surface area contributed by atoms with Crippen molar-refractivity contribution in [3.63, 3.8) is 0 Å². The second kappa shape index (κ2) is 3.76. The number of rotatable bonds is 4. The van der Waals surface area contributed by atoms with Crippen molar-refractivity contribution in [1.82, 2.24) is 5.32 Å². The molecule has 2 fully saturated rings. The molecular weight excluding hydrogens is 194 g/mol. The Balaban J connectivity index is 2.09. The van der Waals surface area contributed by atoms with Gasteiger partial charge in [-0.2, -0.15) is 0 Å². The summed E-state index contributed by atoms with van der Waals surface area (Å²) >= 11 is 0. The van der Waals surface area contributed by atoms with Crippen molar-refractivity contribution in [1.29, 1.82) is 0 Å². The van der Waals surface area contributed by atoms with Gasteiger partial charge in [-0.05, 0) is 44.1 Å². The molecule has 86 valence electrons. The largest absolute Gasteiger partial charge is 0.468 e. The Morgan fingerprint density at radius 2 is 2.20 bits per heavy atom. The Morgan fingerprint density at radius 3 is 2.60 bits per heavy atom. The SMILES string of the molecule is COC(=O)C1(CC2(CO)CC2)CCCN1. The van der Waals surface area contributed by atoms with E-state index < -0.39 is 5.54 Å². The van der Waals surface area contributed by atoms with Crippen molar-refractivity contribution in [2.24, 2.45) is 5.41 Å². The summed E-state index contributed by atoms with van der Waals surface area (Å²) in [6.07, 6.45) is 4.63. The Bertz CT molecular complexity index is 255. The number of carbonyl (C=O) groups excluding carboxylic acids is 1. The van der Waals surface area contributed by atoms with Crippen LogP contribution in [0.5, 0.6) is 0 Å². The lowest BCUT2D eigenvalue weighted by Crippen LogP contribution is -2.50. The highest BCUT2D eigenvalue weighted by atomic mass is 16.5. The summed E-state index contributed by atoms with van der Waals surface area (Å²) < 4.78 is 4.87. The van der Waals surface area contributed by atoms with Gasteiger partial charge in [-0.3, -0.25) is 4.79 Å². The molecule has 0 spiro atoms. The summed E-state index contributed by atoms with van der Waals surface area (Å²) in [5.41, 5.74) is -0.528. The second-order valence-corrected chi connectivity index (χ2v) is 4.94. The summed E-state index contributed by atoms with van der Waals surface area (Å²) in [6.45, 7) is 1.06. The molecule has 4 nitrogen and oxygen atoms in total. The van der Waals surface area contributed by atoms with Crippen molar-refractivity contribution in [3.8, 4) is 0 Å². The van der Waals surface area contributed by atoms with Crippen LogP contribution in [0.25, 0.3) is 0 Å². The van der Waals surface area contributed by atoms with E-state index in [0.29, 0.717) is 0 Å². The van der Waals surface area contributed by atoms with E-state index in [4.69, 9.17) is 4.74 Å². The molecule has 1 heterocycles. The van der Waals surface area contributed by atoms with Gasteiger partial charge in [0.25, 0.3) is 0 Å². The van der Waals surface area contributed by atoms with Gasteiger partial charge in [0, 0.05) is 6.61 Å². The molecule has 0 radical (unpaired) electrons. The van der Waals surface area contributed by atoms with Crippen molar-refractivity contribution in [3.05, 3.63) is 0 Å². The lowest BCUT2D eigenvalue weighted by molar-refractivity contribution is -0.149. The Labute approximate surface area is 90.0 Å². The minimum absolute atomic E-state index is 0.00840. The van der Waals surface area contributed by atoms with E-state index in [1.165, 1.54) is 7.11 Å². The molecule has 2 aliphatic rings. The van der Waals surface area contributed by atoms with E-state index >= 15 is 0 Å². The highest BCUT2D eigenvalue weighted by Gasteiger charge is 2.53. The molecule has 0 bridgehead atoms. The van der Waals surface area contributed by atoms with Crippen LogP contribution in [0, 0.1) is 5.41 Å². The molecule has 15 heavy (non-hydrogen) atoms. The number of carbonyl (C=O) groups is 1. The standard InChI is InChI=1S/C11H19NO3/c1-15-9(14)11(3-2-6-12-11)7-10(8-13)4-5-10/h12-13H,2-8H2,1H3. The van der Waals surface area contributed by atoms with E-state index in [9.17, 15) is 9.90 Å². The minimum atomic E-state index is -0.520. The molecule has 0 amide bonds. The predicted molar refractivity (Wildman–Crippen MR) is 55.4 cm³/mol. The van der Waals surface area contributed by atoms with Crippen molar-refractivity contribution < 1.29 is 14.6 Å². The Morgan fingerprint density at radius 1 is 1.47 bits per heavy atom. The maximum Gasteiger partial charge on any atom is 0.326 e. The van der Waals surface area contributed by atoms with E-state index in [-0.39, 0.29) is 18.0 Å². The zero-order chi connectivity index (χ0) is 10.9. The quantitative estimate of drug-likeness (QED) is 0.665. The number of hydrogen-bond acceptors (Lipinski definition) is 4. The summed E-state index contributed by atoms with van der Waals surface area (Å²) in [6, 6.07) is 0. The minimum Gasteiger partial charge on any atom is -0.468 e. The monoisotopic (exact) mass is 213 g/mol. The van der Waals surface area contributed by atoms with Crippen LogP contribution < -0.4 is 5.32 Å². The first-order chi connectivity index (χ1) is 7.16. The molecule has 1 saturated carbocycles. The molecule has 0 aromatic heterocycles. The van der Waals surface area contributed by atoms with Crippen LogP contribution in [0.4, 0.5) is 0 Å². The molecule has 2 rings (SSSR count). The zero-order valence-electron chi connectivity index (χ0n) is 9.21. The van der Waals surface area contributed by atoms with Gasteiger partial charge in [0.15, 0.2) is 0 Å². The third-order valence-electron chi connectivity index (χ3n) is 3.79. The topological polar surface area (TPSA) is 58.6 Å². The molecule has 0 aromatic rings. The van der Waals surface area contributed by atoms with Crippen molar-refractivity contribution in [2.75, 3.05) is 20.3 Å². The van der Waals surface area contributed by atoms with Crippen LogP contribution >= 0.6 is 0 Å². The molecule has 0 aromatic carbocycles. The van der Waals surface area contributed by atoms with Gasteiger partial charge < -0.3 is 15.2 Å². The van der Waals surface area contributed by atoms with Gasteiger partial charge in [0.2, 0.25) is 0 Å². The molecular formula is C11H19NO3. The third-order valence-corrected chi connectivity index (χ3v) is 3.79. The fourth-order valence-electron chi connectivity index (χ4n) is 2.61. The van der Waals surface area contributed by atoms with Gasteiger partial charge in [0.05, 0.1) is 7.11 Å². The first kappa shape index (κ1) is 10.9. The number of esters is 1. The maximum absolute atomic E-state index is 11.8. The number of nitrogens with one attached hydrogen (secondary N) is 1. The van der Waals surface area contributed by atoms with Crippen LogP contribution in [0.2, 0.25) is 0 Å². The average molecular weight is 213 g/mol. The van der Waals surface area contributed by atoms with Gasteiger partial charge in [-0.25, -0.2) is 0 Å². The van der Waals surface area contributed by atoms with Crippen LogP contribution in [-0.2, 0) is 9.53 Å². The molecule has 1 aliphatic carbocycles. The van der Waals surface area contributed by atoms with Crippen LogP contribution in [0.15, 0.2) is 0 Å². The maximum atomic E-state index is 11.8. The molecule has 2 N–H and O–H groups in total. The van der Waals surface area contributed by atoms with Crippen LogP contribution in [0.1, 0.15) is 32.1 Å². The highest BCUT2D eigenvalue weighted by molar-refractivity contribution is 5.81. The molecule has 1 unspecified atom stereocenters. The summed E-state index contributed by atoms with van der Waals surface area (Å²) in [4.78, 5) is 11.8. The van der Waals surface area contributed by atoms with E-state index in [0.717, 1.165) is 38.6 Å². The lowest BCUT2D eigenvalue weighted by Gasteiger charge is -2.30. The van der Waals surface area contributed by atoms with E-state index in [1.807, 2.05) is 0 Å². The Kier molecular flexibility index (Phi) is 2.73. The van der Waals surface area contributed by atoms with Crippen LogP contribution in [0.3, 0.4) is 0 Å². The molecule has 1 saturated heterocycles. The van der Waals surface area contributed by atoms with Gasteiger partial charge >= 0.3 is 5.97 Å². The summed E-state index contributed by atoms with van der Waals surface area (Å²) in [5, 5.41) is 12.6. The second-order valence-electron chi connectivity index (χ2n) is 4.94. The number of aliphatic hydroxyl groups is 1. The number of hydrogen-bond donors (Lipinski definition) is 2. The molecule has 4 heteroatoms. The van der Waals surface area contributed by atoms with Crippen LogP contribution in [-0.4, -0.2) is 36.9 Å². The van der Waals surface area contributed by atoms with Gasteiger partial charge in [0.1, 0.15) is 5.54 Å². The first-order valence-corrected chi connectivity index (χ1v) is 5.61. The van der Waals surface area contributed by atoms with Crippen molar-refractivity contribution in [2.45, 2.75) is 37.6 Å². The highest BCUT2D eigenvalue weighted by Crippen LogP contribution is 2.52. The first-order valence-electron chi connectivity index (χ1n) is 5.61. The summed E-state index contributed by atoms with van der Waals surface area (Å²) in [7, 11) is 1.43. The zero-order valence-corrected chi connectivity index (χ0v) is 9.21. The van der Waals surface area contributed by atoms with E-state index in [2.05, 4.69) is 5.32 Å². The number of methoxy groups -OCH3 is 1. The smallest absolute Gasteiger partial charge is 0.326 e. The van der Waals surface area contributed by atoms with Gasteiger partial charge in [-0.1, -0.05) is 0 Å². The van der Waals surface area contributed by atoms with E-state index in [1.54, 1.807) is 0 Å². The normalized spacial score (nSPS) is 32.7. The lowest BCUT2D eigenvalue weighted by atomic mass is 9.84.